The lowest BCUT2D eigenvalue weighted by atomic mass is 10.2. The molecule has 2 heterocycles. The van der Waals surface area contributed by atoms with Crippen LogP contribution in [-0.2, 0) is 0 Å². The monoisotopic (exact) mass is 255 g/mol. The molecule has 0 spiro atoms. The zero-order valence-electron chi connectivity index (χ0n) is 9.49. The lowest BCUT2D eigenvalue weighted by Gasteiger charge is -2.13. The molecule has 5 heteroatoms. The first-order valence-electron chi connectivity index (χ1n) is 5.06. The maximum absolute atomic E-state index is 6.04. The lowest BCUT2D eigenvalue weighted by molar-refractivity contribution is 0.575. The van der Waals surface area contributed by atoms with Crippen LogP contribution in [0.3, 0.4) is 0 Å². The Balaban J connectivity index is 2.45. The third-order valence-corrected chi connectivity index (χ3v) is 4.35. The van der Waals surface area contributed by atoms with E-state index < -0.39 is 0 Å². The van der Waals surface area contributed by atoms with Crippen LogP contribution < -0.4 is 5.73 Å². The average molecular weight is 256 g/mol. The SMILES string of the molecule is Cc1ccsc1C(C)n1nc(C)c(Cl)c1N. The van der Waals surface area contributed by atoms with Crippen molar-refractivity contribution >= 4 is 28.8 Å². The molecule has 2 aromatic rings. The molecule has 86 valence electrons. The fourth-order valence-electron chi connectivity index (χ4n) is 1.76. The van der Waals surface area contributed by atoms with E-state index in [4.69, 9.17) is 17.3 Å². The second kappa shape index (κ2) is 4.11. The predicted molar refractivity (Wildman–Crippen MR) is 69.3 cm³/mol. The highest BCUT2D eigenvalue weighted by atomic mass is 35.5. The van der Waals surface area contributed by atoms with Crippen molar-refractivity contribution in [1.29, 1.82) is 0 Å². The van der Waals surface area contributed by atoms with Crippen molar-refractivity contribution in [3.05, 3.63) is 32.6 Å². The Bertz CT molecular complexity index is 515. The summed E-state index contributed by atoms with van der Waals surface area (Å²) < 4.78 is 1.79. The zero-order valence-corrected chi connectivity index (χ0v) is 11.1. The second-order valence-electron chi connectivity index (χ2n) is 3.87. The van der Waals surface area contributed by atoms with Gasteiger partial charge >= 0.3 is 0 Å². The van der Waals surface area contributed by atoms with E-state index in [0.29, 0.717) is 10.8 Å². The highest BCUT2D eigenvalue weighted by molar-refractivity contribution is 7.10. The van der Waals surface area contributed by atoms with Crippen LogP contribution in [0.5, 0.6) is 0 Å². The van der Waals surface area contributed by atoms with Crippen LogP contribution in [0.1, 0.15) is 29.1 Å². The highest BCUT2D eigenvalue weighted by Crippen LogP contribution is 2.31. The van der Waals surface area contributed by atoms with E-state index in [1.807, 2.05) is 6.92 Å². The molecule has 3 nitrogen and oxygen atoms in total. The summed E-state index contributed by atoms with van der Waals surface area (Å²) in [6.07, 6.45) is 0. The van der Waals surface area contributed by atoms with Gasteiger partial charge in [-0.2, -0.15) is 5.10 Å². The van der Waals surface area contributed by atoms with E-state index in [9.17, 15) is 0 Å². The molecule has 0 fully saturated rings. The zero-order chi connectivity index (χ0) is 11.9. The van der Waals surface area contributed by atoms with Gasteiger partial charge in [-0.15, -0.1) is 11.3 Å². The molecule has 0 saturated heterocycles. The van der Waals surface area contributed by atoms with Crippen LogP contribution in [-0.4, -0.2) is 9.78 Å². The van der Waals surface area contributed by atoms with Crippen molar-refractivity contribution in [3.8, 4) is 0 Å². The summed E-state index contributed by atoms with van der Waals surface area (Å²) in [5.41, 5.74) is 7.98. The van der Waals surface area contributed by atoms with E-state index in [0.717, 1.165) is 5.69 Å². The van der Waals surface area contributed by atoms with E-state index >= 15 is 0 Å². The Morgan fingerprint density at radius 2 is 2.19 bits per heavy atom. The third-order valence-electron chi connectivity index (χ3n) is 2.70. The number of thiophene rings is 1. The van der Waals surface area contributed by atoms with Gasteiger partial charge in [0.25, 0.3) is 0 Å². The van der Waals surface area contributed by atoms with Gasteiger partial charge in [-0.3, -0.25) is 0 Å². The molecule has 2 N–H and O–H groups in total. The second-order valence-corrected chi connectivity index (χ2v) is 5.20. The summed E-state index contributed by atoms with van der Waals surface area (Å²) >= 11 is 7.76. The summed E-state index contributed by atoms with van der Waals surface area (Å²) in [4.78, 5) is 1.27. The number of nitrogens with two attached hydrogens (primary N) is 1. The molecular formula is C11H14ClN3S. The quantitative estimate of drug-likeness (QED) is 0.894. The molecule has 0 radical (unpaired) electrons. The number of nitrogen functional groups attached to an aromatic ring is 1. The van der Waals surface area contributed by atoms with Gasteiger partial charge in [-0.1, -0.05) is 11.6 Å². The molecule has 0 aliphatic carbocycles. The van der Waals surface area contributed by atoms with Crippen LogP contribution in [0.2, 0.25) is 5.02 Å². The third kappa shape index (κ3) is 1.72. The van der Waals surface area contributed by atoms with Crippen LogP contribution in [0, 0.1) is 13.8 Å². The van der Waals surface area contributed by atoms with Crippen LogP contribution in [0.25, 0.3) is 0 Å². The van der Waals surface area contributed by atoms with Gasteiger partial charge in [0.15, 0.2) is 0 Å². The summed E-state index contributed by atoms with van der Waals surface area (Å²) in [5, 5.41) is 7.01. The minimum Gasteiger partial charge on any atom is -0.383 e. The normalized spacial score (nSPS) is 13.0. The Kier molecular flexibility index (Phi) is 2.95. The smallest absolute Gasteiger partial charge is 0.141 e. The van der Waals surface area contributed by atoms with Gasteiger partial charge in [-0.05, 0) is 37.8 Å². The van der Waals surface area contributed by atoms with E-state index in [1.54, 1.807) is 16.0 Å². The van der Waals surface area contributed by atoms with Crippen molar-refractivity contribution in [2.24, 2.45) is 0 Å². The number of aryl methyl sites for hydroxylation is 2. The van der Waals surface area contributed by atoms with Gasteiger partial charge in [0.1, 0.15) is 10.8 Å². The van der Waals surface area contributed by atoms with Crippen LogP contribution >= 0.6 is 22.9 Å². The minimum atomic E-state index is 0.131. The number of aromatic nitrogens is 2. The number of rotatable bonds is 2. The lowest BCUT2D eigenvalue weighted by Crippen LogP contribution is -2.11. The van der Waals surface area contributed by atoms with Crippen molar-refractivity contribution in [1.82, 2.24) is 9.78 Å². The number of halogens is 1. The highest BCUT2D eigenvalue weighted by Gasteiger charge is 2.18. The fourth-order valence-corrected chi connectivity index (χ4v) is 2.86. The van der Waals surface area contributed by atoms with E-state index in [1.165, 1.54) is 10.4 Å². The number of nitrogens with zero attached hydrogens (tertiary/aromatic N) is 2. The number of hydrogen-bond donors (Lipinski definition) is 1. The number of anilines is 1. The molecule has 0 amide bonds. The Morgan fingerprint density at radius 1 is 1.50 bits per heavy atom. The van der Waals surface area contributed by atoms with Gasteiger partial charge in [0.05, 0.1) is 11.7 Å². The molecule has 0 aromatic carbocycles. The first-order valence-corrected chi connectivity index (χ1v) is 6.32. The maximum Gasteiger partial charge on any atom is 0.141 e. The molecule has 2 aromatic heterocycles. The van der Waals surface area contributed by atoms with Gasteiger partial charge in [0.2, 0.25) is 0 Å². The van der Waals surface area contributed by atoms with Crippen LogP contribution in [0.4, 0.5) is 5.82 Å². The summed E-state index contributed by atoms with van der Waals surface area (Å²) in [7, 11) is 0. The van der Waals surface area contributed by atoms with Crippen molar-refractivity contribution < 1.29 is 0 Å². The minimum absolute atomic E-state index is 0.131. The summed E-state index contributed by atoms with van der Waals surface area (Å²) in [6.45, 7) is 6.04. The Labute approximate surface area is 104 Å². The fraction of sp³-hybridized carbons (Fsp3) is 0.364. The van der Waals surface area contributed by atoms with Gasteiger partial charge in [-0.25, -0.2) is 4.68 Å². The molecule has 1 atom stereocenters. The first kappa shape index (κ1) is 11.5. The van der Waals surface area contributed by atoms with E-state index in [-0.39, 0.29) is 6.04 Å². The standard InChI is InChI=1S/C11H14ClN3S/c1-6-4-5-16-10(6)8(3)15-11(13)9(12)7(2)14-15/h4-5,8H,13H2,1-3H3. The summed E-state index contributed by atoms with van der Waals surface area (Å²) in [6, 6.07) is 2.23. The Morgan fingerprint density at radius 3 is 2.62 bits per heavy atom. The average Bonchev–Trinajstić information content (AvgIpc) is 2.77. The molecular weight excluding hydrogens is 242 g/mol. The first-order chi connectivity index (χ1) is 7.52. The molecule has 0 aliphatic heterocycles. The molecule has 0 saturated carbocycles. The summed E-state index contributed by atoms with van der Waals surface area (Å²) in [5.74, 6) is 0.541. The maximum atomic E-state index is 6.04. The predicted octanol–water partition coefficient (Wildman–Crippen LogP) is 3.41. The molecule has 0 bridgehead atoms. The van der Waals surface area contributed by atoms with E-state index in [2.05, 4.69) is 30.4 Å². The molecule has 2 rings (SSSR count). The van der Waals surface area contributed by atoms with Gasteiger partial charge < -0.3 is 5.73 Å². The topological polar surface area (TPSA) is 43.8 Å². The van der Waals surface area contributed by atoms with Crippen LogP contribution in [0.15, 0.2) is 11.4 Å². The Hall–Kier alpha value is -1.00. The molecule has 0 aliphatic rings. The van der Waals surface area contributed by atoms with Crippen molar-refractivity contribution in [3.63, 3.8) is 0 Å². The van der Waals surface area contributed by atoms with Gasteiger partial charge in [0, 0.05) is 4.88 Å². The van der Waals surface area contributed by atoms with Crippen molar-refractivity contribution in [2.45, 2.75) is 26.8 Å². The number of hydrogen-bond acceptors (Lipinski definition) is 3. The molecule has 1 unspecified atom stereocenters. The molecule has 16 heavy (non-hydrogen) atoms. The van der Waals surface area contributed by atoms with Crippen molar-refractivity contribution in [2.75, 3.05) is 5.73 Å². The largest absolute Gasteiger partial charge is 0.383 e.